The second-order valence-corrected chi connectivity index (χ2v) is 4.85. The predicted molar refractivity (Wildman–Crippen MR) is 83.8 cm³/mol. The number of rotatable bonds is 3. The molecule has 0 aliphatic heterocycles. The highest BCUT2D eigenvalue weighted by molar-refractivity contribution is 6.07. The van der Waals surface area contributed by atoms with Crippen LogP contribution in [0.15, 0.2) is 54.7 Å². The minimum atomic E-state index is -0.0837. The van der Waals surface area contributed by atoms with E-state index in [4.69, 9.17) is 0 Å². The predicted octanol–water partition coefficient (Wildman–Crippen LogP) is 3.54. The molecule has 2 N–H and O–H groups in total. The van der Waals surface area contributed by atoms with Gasteiger partial charge in [0.2, 0.25) is 0 Å². The molecule has 0 bridgehead atoms. The van der Waals surface area contributed by atoms with E-state index >= 15 is 0 Å². The normalized spacial score (nSPS) is 10.7. The number of aromatic amines is 1. The summed E-state index contributed by atoms with van der Waals surface area (Å²) in [6, 6.07) is 14.3. The van der Waals surface area contributed by atoms with Crippen molar-refractivity contribution in [2.75, 3.05) is 11.4 Å². The lowest BCUT2D eigenvalue weighted by Crippen LogP contribution is -2.30. The number of aromatic nitrogens is 1. The van der Waals surface area contributed by atoms with Gasteiger partial charge in [-0.3, -0.25) is 4.79 Å². The lowest BCUT2D eigenvalue weighted by Gasteiger charge is -2.21. The monoisotopic (exact) mass is 280 g/mol. The summed E-state index contributed by atoms with van der Waals surface area (Å²) in [6.45, 7) is 2.44. The number of hydrogen-bond acceptors (Lipinski definition) is 2. The number of phenols is 1. The standard InChI is InChI=1S/C17H16N2O2/c1-2-19(14-4-3-5-15(20)11-14)17(21)13-7-6-12-8-9-18-16(12)10-13/h3-11,18,20H,2H2,1H3. The number of nitrogens with zero attached hydrogens (tertiary/aromatic N) is 1. The van der Waals surface area contributed by atoms with Crippen LogP contribution in [0.4, 0.5) is 5.69 Å². The molecule has 0 saturated heterocycles. The molecule has 21 heavy (non-hydrogen) atoms. The minimum Gasteiger partial charge on any atom is -0.508 e. The first-order valence-corrected chi connectivity index (χ1v) is 6.87. The van der Waals surface area contributed by atoms with Crippen molar-refractivity contribution >= 4 is 22.5 Å². The number of carbonyl (C=O) groups is 1. The number of H-pyrrole nitrogens is 1. The Labute approximate surface area is 122 Å². The van der Waals surface area contributed by atoms with E-state index in [1.54, 1.807) is 23.1 Å². The van der Waals surface area contributed by atoms with Crippen molar-refractivity contribution in [3.63, 3.8) is 0 Å². The van der Waals surface area contributed by atoms with Crippen molar-refractivity contribution < 1.29 is 9.90 Å². The van der Waals surface area contributed by atoms with Crippen molar-refractivity contribution in [3.8, 4) is 5.75 Å². The van der Waals surface area contributed by atoms with Gasteiger partial charge >= 0.3 is 0 Å². The van der Waals surface area contributed by atoms with Crippen LogP contribution in [0.25, 0.3) is 10.9 Å². The Hall–Kier alpha value is -2.75. The van der Waals surface area contributed by atoms with Gasteiger partial charge in [0.15, 0.2) is 0 Å². The van der Waals surface area contributed by atoms with Gasteiger partial charge in [-0.2, -0.15) is 0 Å². The summed E-state index contributed by atoms with van der Waals surface area (Å²) in [5.74, 6) is 0.0678. The fraction of sp³-hybridized carbons (Fsp3) is 0.118. The van der Waals surface area contributed by atoms with Crippen LogP contribution in [-0.4, -0.2) is 22.5 Å². The first-order chi connectivity index (χ1) is 10.2. The molecule has 0 spiro atoms. The molecule has 3 aromatic rings. The van der Waals surface area contributed by atoms with E-state index in [-0.39, 0.29) is 11.7 Å². The van der Waals surface area contributed by atoms with Crippen LogP contribution in [0, 0.1) is 0 Å². The topological polar surface area (TPSA) is 56.3 Å². The number of carbonyl (C=O) groups excluding carboxylic acids is 1. The molecule has 2 aromatic carbocycles. The number of nitrogens with one attached hydrogen (secondary N) is 1. The zero-order valence-corrected chi connectivity index (χ0v) is 11.7. The Morgan fingerprint density at radius 1 is 1.19 bits per heavy atom. The van der Waals surface area contributed by atoms with Crippen LogP contribution in [0.2, 0.25) is 0 Å². The van der Waals surface area contributed by atoms with E-state index in [2.05, 4.69) is 4.98 Å². The maximum absolute atomic E-state index is 12.7. The van der Waals surface area contributed by atoms with Gasteiger partial charge in [0.1, 0.15) is 5.75 Å². The van der Waals surface area contributed by atoms with Gasteiger partial charge in [-0.25, -0.2) is 0 Å². The largest absolute Gasteiger partial charge is 0.508 e. The van der Waals surface area contributed by atoms with Crippen molar-refractivity contribution in [2.45, 2.75) is 6.92 Å². The molecule has 1 aromatic heterocycles. The molecule has 4 heteroatoms. The molecule has 0 aliphatic rings. The quantitative estimate of drug-likeness (QED) is 0.771. The second-order valence-electron chi connectivity index (χ2n) is 4.85. The molecule has 1 amide bonds. The third-order valence-electron chi connectivity index (χ3n) is 3.50. The molecule has 0 atom stereocenters. The fourth-order valence-corrected chi connectivity index (χ4v) is 2.44. The Morgan fingerprint density at radius 2 is 2.05 bits per heavy atom. The SMILES string of the molecule is CCN(C(=O)c1ccc2cc[nH]c2c1)c1cccc(O)c1. The number of amides is 1. The van der Waals surface area contributed by atoms with E-state index in [0.717, 1.165) is 10.9 Å². The lowest BCUT2D eigenvalue weighted by molar-refractivity contribution is 0.0988. The molecule has 4 nitrogen and oxygen atoms in total. The van der Waals surface area contributed by atoms with Crippen LogP contribution in [0.3, 0.4) is 0 Å². The molecule has 0 aliphatic carbocycles. The summed E-state index contributed by atoms with van der Waals surface area (Å²) in [7, 11) is 0. The summed E-state index contributed by atoms with van der Waals surface area (Å²) in [5.41, 5.74) is 2.25. The molecular weight excluding hydrogens is 264 g/mol. The summed E-state index contributed by atoms with van der Waals surface area (Å²) < 4.78 is 0. The lowest BCUT2D eigenvalue weighted by atomic mass is 10.1. The highest BCUT2D eigenvalue weighted by Crippen LogP contribution is 2.23. The van der Waals surface area contributed by atoms with Gasteiger partial charge in [0, 0.05) is 35.6 Å². The fourth-order valence-electron chi connectivity index (χ4n) is 2.44. The van der Waals surface area contributed by atoms with Gasteiger partial charge in [-0.05, 0) is 42.6 Å². The molecule has 0 fully saturated rings. The van der Waals surface area contributed by atoms with E-state index in [0.29, 0.717) is 17.8 Å². The number of phenolic OH excluding ortho intramolecular Hbond substituents is 1. The molecule has 0 unspecified atom stereocenters. The first-order valence-electron chi connectivity index (χ1n) is 6.87. The van der Waals surface area contributed by atoms with Crippen LogP contribution in [0.5, 0.6) is 5.75 Å². The number of aromatic hydroxyl groups is 1. The smallest absolute Gasteiger partial charge is 0.258 e. The Balaban J connectivity index is 1.98. The van der Waals surface area contributed by atoms with Gasteiger partial charge in [0.05, 0.1) is 0 Å². The summed E-state index contributed by atoms with van der Waals surface area (Å²) >= 11 is 0. The summed E-state index contributed by atoms with van der Waals surface area (Å²) in [6.07, 6.45) is 1.85. The molecule has 0 saturated carbocycles. The molecule has 0 radical (unpaired) electrons. The highest BCUT2D eigenvalue weighted by atomic mass is 16.3. The van der Waals surface area contributed by atoms with Crippen LogP contribution < -0.4 is 4.90 Å². The van der Waals surface area contributed by atoms with Crippen LogP contribution >= 0.6 is 0 Å². The Bertz CT molecular complexity index is 792. The van der Waals surface area contributed by atoms with Gasteiger partial charge < -0.3 is 15.0 Å². The van der Waals surface area contributed by atoms with Gasteiger partial charge in [-0.15, -0.1) is 0 Å². The minimum absolute atomic E-state index is 0.0837. The number of hydrogen-bond donors (Lipinski definition) is 2. The van der Waals surface area contributed by atoms with E-state index < -0.39 is 0 Å². The molecular formula is C17H16N2O2. The van der Waals surface area contributed by atoms with Crippen LogP contribution in [-0.2, 0) is 0 Å². The maximum Gasteiger partial charge on any atom is 0.258 e. The van der Waals surface area contributed by atoms with Crippen molar-refractivity contribution in [2.24, 2.45) is 0 Å². The average molecular weight is 280 g/mol. The van der Waals surface area contributed by atoms with Crippen molar-refractivity contribution in [1.29, 1.82) is 0 Å². The second kappa shape index (κ2) is 5.32. The average Bonchev–Trinajstić information content (AvgIpc) is 2.95. The molecule has 3 rings (SSSR count). The third kappa shape index (κ3) is 2.48. The van der Waals surface area contributed by atoms with E-state index in [1.165, 1.54) is 0 Å². The van der Waals surface area contributed by atoms with Gasteiger partial charge in [-0.1, -0.05) is 12.1 Å². The zero-order chi connectivity index (χ0) is 14.8. The summed E-state index contributed by atoms with van der Waals surface area (Å²) in [5, 5.41) is 10.7. The Morgan fingerprint density at radius 3 is 2.81 bits per heavy atom. The van der Waals surface area contributed by atoms with Crippen LogP contribution in [0.1, 0.15) is 17.3 Å². The van der Waals surface area contributed by atoms with E-state index in [1.807, 2.05) is 43.5 Å². The number of benzene rings is 2. The highest BCUT2D eigenvalue weighted by Gasteiger charge is 2.16. The van der Waals surface area contributed by atoms with E-state index in [9.17, 15) is 9.90 Å². The zero-order valence-electron chi connectivity index (χ0n) is 11.7. The number of fused-ring (bicyclic) bond motifs is 1. The maximum atomic E-state index is 12.7. The molecule has 1 heterocycles. The van der Waals surface area contributed by atoms with Crippen molar-refractivity contribution in [3.05, 3.63) is 60.3 Å². The molecule has 106 valence electrons. The first kappa shape index (κ1) is 13.2. The summed E-state index contributed by atoms with van der Waals surface area (Å²) in [4.78, 5) is 17.4. The third-order valence-corrected chi connectivity index (χ3v) is 3.50. The Kier molecular flexibility index (Phi) is 3.36. The van der Waals surface area contributed by atoms with Crippen molar-refractivity contribution in [1.82, 2.24) is 4.98 Å². The number of anilines is 1. The van der Waals surface area contributed by atoms with Gasteiger partial charge in [0.25, 0.3) is 5.91 Å².